The van der Waals surface area contributed by atoms with E-state index in [1.807, 2.05) is 20.8 Å². The molecule has 0 spiro atoms. The molecule has 23 heavy (non-hydrogen) atoms. The highest BCUT2D eigenvalue weighted by Crippen LogP contribution is 2.26. The van der Waals surface area contributed by atoms with Crippen LogP contribution >= 0.6 is 0 Å². The summed E-state index contributed by atoms with van der Waals surface area (Å²) in [6.45, 7) is 6.39. The highest BCUT2D eigenvalue weighted by Gasteiger charge is 2.29. The number of carbonyl (C=O) groups is 1. The predicted octanol–water partition coefficient (Wildman–Crippen LogP) is 2.93. The molecule has 0 aromatic heterocycles. The Morgan fingerprint density at radius 1 is 1.09 bits per heavy atom. The molecule has 0 bridgehead atoms. The van der Waals surface area contributed by atoms with Crippen LogP contribution < -0.4 is 16.4 Å². The van der Waals surface area contributed by atoms with Crippen molar-refractivity contribution in [2.45, 2.75) is 95.9 Å². The molecule has 2 aliphatic carbocycles. The number of carbonyl (C=O) groups excluding carboxylic acids is 1. The molecule has 2 fully saturated rings. The van der Waals surface area contributed by atoms with Gasteiger partial charge in [-0.05, 0) is 65.2 Å². The first-order chi connectivity index (χ1) is 10.8. The van der Waals surface area contributed by atoms with Crippen molar-refractivity contribution in [3.63, 3.8) is 0 Å². The lowest BCUT2D eigenvalue weighted by atomic mass is 9.82. The van der Waals surface area contributed by atoms with E-state index < -0.39 is 5.60 Å². The fourth-order valence-electron chi connectivity index (χ4n) is 3.79. The average Bonchev–Trinajstić information content (AvgIpc) is 2.47. The molecular formula is C18H35N3O2. The fourth-order valence-corrected chi connectivity index (χ4v) is 3.79. The molecule has 0 aliphatic heterocycles. The van der Waals surface area contributed by atoms with Crippen molar-refractivity contribution in [3.8, 4) is 0 Å². The Labute approximate surface area is 141 Å². The van der Waals surface area contributed by atoms with E-state index in [9.17, 15) is 4.79 Å². The zero-order chi connectivity index (χ0) is 16.9. The molecule has 2 atom stereocenters. The number of nitrogens with two attached hydrogens (primary N) is 1. The third kappa shape index (κ3) is 6.68. The van der Waals surface area contributed by atoms with E-state index in [0.29, 0.717) is 30.6 Å². The van der Waals surface area contributed by atoms with Crippen LogP contribution in [0.15, 0.2) is 0 Å². The summed E-state index contributed by atoms with van der Waals surface area (Å²) in [5.41, 5.74) is 5.56. The zero-order valence-electron chi connectivity index (χ0n) is 15.1. The summed E-state index contributed by atoms with van der Waals surface area (Å²) in [4.78, 5) is 11.9. The Morgan fingerprint density at radius 3 is 2.39 bits per heavy atom. The van der Waals surface area contributed by atoms with Crippen LogP contribution in [0.4, 0.5) is 4.79 Å². The number of hydrogen-bond donors (Lipinski definition) is 3. The lowest BCUT2D eigenvalue weighted by molar-refractivity contribution is 0.0509. The minimum atomic E-state index is -0.435. The molecule has 2 unspecified atom stereocenters. The highest BCUT2D eigenvalue weighted by molar-refractivity contribution is 5.67. The smallest absolute Gasteiger partial charge is 0.407 e. The van der Waals surface area contributed by atoms with Gasteiger partial charge in [0.25, 0.3) is 0 Å². The van der Waals surface area contributed by atoms with Crippen LogP contribution in [0, 0.1) is 5.92 Å². The Kier molecular flexibility index (Phi) is 6.72. The zero-order valence-corrected chi connectivity index (χ0v) is 15.1. The normalized spacial score (nSPS) is 32.3. The van der Waals surface area contributed by atoms with Crippen molar-refractivity contribution in [3.05, 3.63) is 0 Å². The Hall–Kier alpha value is -0.810. The molecular weight excluding hydrogens is 290 g/mol. The summed E-state index contributed by atoms with van der Waals surface area (Å²) in [5, 5.41) is 6.81. The number of ether oxygens (including phenoxy) is 1. The van der Waals surface area contributed by atoms with E-state index in [4.69, 9.17) is 10.5 Å². The quantitative estimate of drug-likeness (QED) is 0.743. The maximum Gasteiger partial charge on any atom is 0.407 e. The van der Waals surface area contributed by atoms with Crippen LogP contribution in [0.5, 0.6) is 0 Å². The van der Waals surface area contributed by atoms with Crippen molar-refractivity contribution in [1.29, 1.82) is 0 Å². The van der Waals surface area contributed by atoms with Crippen LogP contribution in [0.1, 0.15) is 72.1 Å². The molecule has 2 aliphatic rings. The molecule has 0 radical (unpaired) electrons. The molecule has 2 rings (SSSR count). The van der Waals surface area contributed by atoms with Crippen LogP contribution in [0.3, 0.4) is 0 Å². The number of alkyl carbamates (subject to hydrolysis) is 1. The molecule has 4 N–H and O–H groups in total. The van der Waals surface area contributed by atoms with E-state index in [0.717, 1.165) is 12.8 Å². The second kappa shape index (κ2) is 8.34. The molecule has 1 amide bonds. The molecule has 0 saturated heterocycles. The second-order valence-electron chi connectivity index (χ2n) is 8.31. The first kappa shape index (κ1) is 18.5. The average molecular weight is 325 g/mol. The van der Waals surface area contributed by atoms with Gasteiger partial charge in [-0.3, -0.25) is 0 Å². The Balaban J connectivity index is 1.78. The van der Waals surface area contributed by atoms with Crippen LogP contribution in [0.2, 0.25) is 0 Å². The predicted molar refractivity (Wildman–Crippen MR) is 93.3 cm³/mol. The van der Waals surface area contributed by atoms with Crippen LogP contribution in [0.25, 0.3) is 0 Å². The van der Waals surface area contributed by atoms with E-state index in [-0.39, 0.29) is 6.09 Å². The summed E-state index contributed by atoms with van der Waals surface area (Å²) >= 11 is 0. The molecule has 5 heteroatoms. The van der Waals surface area contributed by atoms with Crippen LogP contribution in [-0.4, -0.2) is 36.4 Å². The highest BCUT2D eigenvalue weighted by atomic mass is 16.6. The van der Waals surface area contributed by atoms with Crippen molar-refractivity contribution < 1.29 is 9.53 Å². The molecule has 0 aromatic carbocycles. The third-order valence-electron chi connectivity index (χ3n) is 5.04. The summed E-state index contributed by atoms with van der Waals surface area (Å²) in [7, 11) is 0. The van der Waals surface area contributed by atoms with E-state index >= 15 is 0 Å². The van der Waals surface area contributed by atoms with Gasteiger partial charge in [0, 0.05) is 24.7 Å². The second-order valence-corrected chi connectivity index (χ2v) is 8.31. The van der Waals surface area contributed by atoms with Gasteiger partial charge in [0.15, 0.2) is 0 Å². The Morgan fingerprint density at radius 2 is 1.74 bits per heavy atom. The molecule has 5 nitrogen and oxygen atoms in total. The van der Waals surface area contributed by atoms with Gasteiger partial charge < -0.3 is 21.1 Å². The maximum atomic E-state index is 11.9. The molecule has 134 valence electrons. The van der Waals surface area contributed by atoms with E-state index in [1.54, 1.807) is 0 Å². The molecule has 2 saturated carbocycles. The van der Waals surface area contributed by atoms with Crippen molar-refractivity contribution in [1.82, 2.24) is 10.6 Å². The number of rotatable bonds is 4. The minimum Gasteiger partial charge on any atom is -0.444 e. The van der Waals surface area contributed by atoms with Gasteiger partial charge in [-0.15, -0.1) is 0 Å². The maximum absolute atomic E-state index is 11.9. The number of nitrogens with one attached hydrogen (secondary N) is 2. The van der Waals surface area contributed by atoms with Crippen molar-refractivity contribution >= 4 is 6.09 Å². The van der Waals surface area contributed by atoms with E-state index in [1.165, 1.54) is 38.5 Å². The van der Waals surface area contributed by atoms with Gasteiger partial charge >= 0.3 is 6.09 Å². The van der Waals surface area contributed by atoms with Gasteiger partial charge in [-0.1, -0.05) is 12.8 Å². The third-order valence-corrected chi connectivity index (χ3v) is 5.04. The lowest BCUT2D eigenvalue weighted by Crippen LogP contribution is -2.49. The summed E-state index contributed by atoms with van der Waals surface area (Å²) in [6.07, 6.45) is 9.26. The molecule has 0 heterocycles. The van der Waals surface area contributed by atoms with Crippen molar-refractivity contribution in [2.24, 2.45) is 11.7 Å². The number of hydrogen-bond acceptors (Lipinski definition) is 4. The monoisotopic (exact) mass is 325 g/mol. The summed E-state index contributed by atoms with van der Waals surface area (Å²) in [5.74, 6) is 0.506. The van der Waals surface area contributed by atoms with E-state index in [2.05, 4.69) is 10.6 Å². The molecule has 0 aromatic rings. The topological polar surface area (TPSA) is 76.4 Å². The summed E-state index contributed by atoms with van der Waals surface area (Å²) < 4.78 is 5.34. The van der Waals surface area contributed by atoms with Gasteiger partial charge in [0.05, 0.1) is 0 Å². The lowest BCUT2D eigenvalue weighted by Gasteiger charge is -2.37. The van der Waals surface area contributed by atoms with Crippen molar-refractivity contribution in [2.75, 3.05) is 6.54 Å². The van der Waals surface area contributed by atoms with Gasteiger partial charge in [0.2, 0.25) is 0 Å². The van der Waals surface area contributed by atoms with Crippen LogP contribution in [-0.2, 0) is 4.74 Å². The fraction of sp³-hybridized carbons (Fsp3) is 0.944. The largest absolute Gasteiger partial charge is 0.444 e. The summed E-state index contributed by atoms with van der Waals surface area (Å²) in [6, 6.07) is 1.50. The standard InChI is InChI=1S/C18H35N3O2/c1-18(2,3)23-17(22)20-12-13-6-4-5-7-16(13)21-15-10-8-14(19)9-11-15/h13-16,21H,4-12,19H2,1-3H3,(H,20,22). The van der Waals surface area contributed by atoms with Gasteiger partial charge in [0.1, 0.15) is 5.60 Å². The first-order valence-electron chi connectivity index (χ1n) is 9.32. The van der Waals surface area contributed by atoms with Gasteiger partial charge in [-0.2, -0.15) is 0 Å². The number of amides is 1. The first-order valence-corrected chi connectivity index (χ1v) is 9.32. The Bertz CT molecular complexity index is 373. The van der Waals surface area contributed by atoms with Gasteiger partial charge in [-0.25, -0.2) is 4.79 Å². The minimum absolute atomic E-state index is 0.300. The SMILES string of the molecule is CC(C)(C)OC(=O)NCC1CCCCC1NC1CCC(N)CC1.